The van der Waals surface area contributed by atoms with Crippen LogP contribution in [0.1, 0.15) is 24.3 Å². The van der Waals surface area contributed by atoms with E-state index in [9.17, 15) is 0 Å². The molecule has 2 fully saturated rings. The van der Waals surface area contributed by atoms with E-state index in [0.29, 0.717) is 0 Å². The van der Waals surface area contributed by atoms with Gasteiger partial charge in [0.1, 0.15) is 0 Å². The van der Waals surface area contributed by atoms with Gasteiger partial charge in [-0.1, -0.05) is 30.3 Å². The minimum atomic E-state index is 0.769. The molecule has 2 aliphatic rings. The van der Waals surface area contributed by atoms with E-state index in [2.05, 4.69) is 40.5 Å². The number of hydrogen-bond acceptors (Lipinski definition) is 2. The van der Waals surface area contributed by atoms with E-state index in [1.807, 2.05) is 0 Å². The first-order valence-corrected chi connectivity index (χ1v) is 6.90. The first-order valence-electron chi connectivity index (χ1n) is 6.90. The predicted octanol–water partition coefficient (Wildman–Crippen LogP) is 2.09. The Morgan fingerprint density at radius 2 is 2.06 bits per heavy atom. The summed E-state index contributed by atoms with van der Waals surface area (Å²) in [6.45, 7) is 6.31. The highest BCUT2D eigenvalue weighted by molar-refractivity contribution is 5.21. The van der Waals surface area contributed by atoms with Gasteiger partial charge in [0.25, 0.3) is 0 Å². The Morgan fingerprint density at radius 3 is 2.82 bits per heavy atom. The van der Waals surface area contributed by atoms with Crippen molar-refractivity contribution in [3.63, 3.8) is 0 Å². The fourth-order valence-electron chi connectivity index (χ4n) is 3.23. The van der Waals surface area contributed by atoms with Crippen LogP contribution in [0.3, 0.4) is 0 Å². The number of rotatable bonds is 3. The molecule has 0 amide bonds. The van der Waals surface area contributed by atoms with Crippen molar-refractivity contribution < 1.29 is 0 Å². The third-order valence-corrected chi connectivity index (χ3v) is 4.22. The molecular weight excluding hydrogens is 208 g/mol. The highest BCUT2D eigenvalue weighted by atomic mass is 15.2. The molecule has 0 spiro atoms. The van der Waals surface area contributed by atoms with Gasteiger partial charge in [-0.3, -0.25) is 0 Å². The highest BCUT2D eigenvalue weighted by Gasteiger charge is 2.26. The van der Waals surface area contributed by atoms with Crippen molar-refractivity contribution in [3.8, 4) is 0 Å². The molecule has 2 saturated heterocycles. The van der Waals surface area contributed by atoms with Gasteiger partial charge >= 0.3 is 0 Å². The molecule has 1 N–H and O–H groups in total. The average molecular weight is 230 g/mol. The summed E-state index contributed by atoms with van der Waals surface area (Å²) in [5.41, 5.74) is 1.53. The lowest BCUT2D eigenvalue weighted by molar-refractivity contribution is 0.284. The fourth-order valence-corrected chi connectivity index (χ4v) is 3.23. The molecule has 92 valence electrons. The summed E-state index contributed by atoms with van der Waals surface area (Å²) in [5.74, 6) is 1.66. The molecule has 0 bridgehead atoms. The van der Waals surface area contributed by atoms with Crippen molar-refractivity contribution >= 4 is 0 Å². The minimum absolute atomic E-state index is 0.769. The van der Waals surface area contributed by atoms with Gasteiger partial charge in [0.2, 0.25) is 0 Å². The number of benzene rings is 1. The summed E-state index contributed by atoms with van der Waals surface area (Å²) in [6, 6.07) is 11.0. The van der Waals surface area contributed by atoms with Crippen LogP contribution in [0.4, 0.5) is 0 Å². The second kappa shape index (κ2) is 5.19. The van der Waals surface area contributed by atoms with Crippen LogP contribution in [-0.4, -0.2) is 37.6 Å². The monoisotopic (exact) mass is 230 g/mol. The SMILES string of the molecule is c1ccc(C2CCN(CC3CCNC3)C2)cc1. The van der Waals surface area contributed by atoms with Crippen LogP contribution in [0.2, 0.25) is 0 Å². The largest absolute Gasteiger partial charge is 0.316 e. The molecule has 2 aliphatic heterocycles. The van der Waals surface area contributed by atoms with Crippen molar-refractivity contribution in [2.24, 2.45) is 5.92 Å². The van der Waals surface area contributed by atoms with Gasteiger partial charge in [0.05, 0.1) is 0 Å². The topological polar surface area (TPSA) is 15.3 Å². The summed E-state index contributed by atoms with van der Waals surface area (Å²) in [5, 5.41) is 3.46. The van der Waals surface area contributed by atoms with Crippen LogP contribution in [0.5, 0.6) is 0 Å². The van der Waals surface area contributed by atoms with Gasteiger partial charge in [-0.05, 0) is 49.9 Å². The second-order valence-electron chi connectivity index (χ2n) is 5.51. The van der Waals surface area contributed by atoms with E-state index in [4.69, 9.17) is 0 Å². The molecule has 2 atom stereocenters. The van der Waals surface area contributed by atoms with Crippen LogP contribution < -0.4 is 5.32 Å². The van der Waals surface area contributed by atoms with E-state index in [1.165, 1.54) is 51.1 Å². The summed E-state index contributed by atoms with van der Waals surface area (Å²) < 4.78 is 0. The standard InChI is InChI=1S/C15H22N2/c1-2-4-14(5-3-1)15-7-9-17(12-15)11-13-6-8-16-10-13/h1-5,13,15-16H,6-12H2. The number of likely N-dealkylation sites (tertiary alicyclic amines) is 1. The Hall–Kier alpha value is -0.860. The maximum Gasteiger partial charge on any atom is 0.00509 e. The third-order valence-electron chi connectivity index (χ3n) is 4.22. The molecule has 2 nitrogen and oxygen atoms in total. The zero-order valence-corrected chi connectivity index (χ0v) is 10.4. The predicted molar refractivity (Wildman–Crippen MR) is 71.2 cm³/mol. The number of nitrogens with zero attached hydrogens (tertiary/aromatic N) is 1. The van der Waals surface area contributed by atoms with Crippen LogP contribution in [0.25, 0.3) is 0 Å². The molecule has 1 aromatic rings. The van der Waals surface area contributed by atoms with Crippen molar-refractivity contribution in [1.29, 1.82) is 0 Å². The zero-order valence-electron chi connectivity index (χ0n) is 10.4. The lowest BCUT2D eigenvalue weighted by atomic mass is 9.99. The van der Waals surface area contributed by atoms with E-state index in [0.717, 1.165) is 11.8 Å². The summed E-state index contributed by atoms with van der Waals surface area (Å²) in [7, 11) is 0. The maximum absolute atomic E-state index is 3.46. The van der Waals surface area contributed by atoms with Gasteiger partial charge in [0, 0.05) is 13.1 Å². The van der Waals surface area contributed by atoms with Crippen molar-refractivity contribution in [2.75, 3.05) is 32.7 Å². The summed E-state index contributed by atoms with van der Waals surface area (Å²) in [6.07, 6.45) is 2.71. The average Bonchev–Trinajstić information content (AvgIpc) is 3.02. The Labute approximate surface area is 104 Å². The van der Waals surface area contributed by atoms with Gasteiger partial charge in [-0.15, -0.1) is 0 Å². The summed E-state index contributed by atoms with van der Waals surface area (Å²) in [4.78, 5) is 2.66. The smallest absolute Gasteiger partial charge is 0.00509 e. The molecule has 0 aliphatic carbocycles. The van der Waals surface area contributed by atoms with Crippen LogP contribution in [0.15, 0.2) is 30.3 Å². The van der Waals surface area contributed by atoms with E-state index in [1.54, 1.807) is 0 Å². The molecule has 1 aromatic carbocycles. The molecule has 2 unspecified atom stereocenters. The molecule has 0 saturated carbocycles. The minimum Gasteiger partial charge on any atom is -0.316 e. The number of nitrogens with one attached hydrogen (secondary N) is 1. The summed E-state index contributed by atoms with van der Waals surface area (Å²) >= 11 is 0. The molecule has 2 heteroatoms. The van der Waals surface area contributed by atoms with E-state index >= 15 is 0 Å². The first-order chi connectivity index (χ1) is 8.42. The normalized spacial score (nSPS) is 29.9. The van der Waals surface area contributed by atoms with E-state index in [-0.39, 0.29) is 0 Å². The van der Waals surface area contributed by atoms with Gasteiger partial charge in [-0.25, -0.2) is 0 Å². The molecule has 0 aromatic heterocycles. The van der Waals surface area contributed by atoms with Crippen molar-refractivity contribution in [1.82, 2.24) is 10.2 Å². The molecule has 3 rings (SSSR count). The number of hydrogen-bond donors (Lipinski definition) is 1. The first kappa shape index (κ1) is 11.2. The van der Waals surface area contributed by atoms with Gasteiger partial charge in [-0.2, -0.15) is 0 Å². The van der Waals surface area contributed by atoms with Crippen LogP contribution >= 0.6 is 0 Å². The highest BCUT2D eigenvalue weighted by Crippen LogP contribution is 2.27. The quantitative estimate of drug-likeness (QED) is 0.855. The maximum atomic E-state index is 3.46. The van der Waals surface area contributed by atoms with Crippen LogP contribution in [-0.2, 0) is 0 Å². The van der Waals surface area contributed by atoms with Crippen LogP contribution in [0, 0.1) is 5.92 Å². The molecular formula is C15H22N2. The Morgan fingerprint density at radius 1 is 1.18 bits per heavy atom. The Balaban J connectivity index is 1.55. The zero-order chi connectivity index (χ0) is 11.5. The van der Waals surface area contributed by atoms with Crippen molar-refractivity contribution in [3.05, 3.63) is 35.9 Å². The second-order valence-corrected chi connectivity index (χ2v) is 5.51. The molecule has 0 radical (unpaired) electrons. The Kier molecular flexibility index (Phi) is 3.44. The van der Waals surface area contributed by atoms with E-state index < -0.39 is 0 Å². The van der Waals surface area contributed by atoms with Gasteiger partial charge in [0.15, 0.2) is 0 Å². The molecule has 2 heterocycles. The van der Waals surface area contributed by atoms with Gasteiger partial charge < -0.3 is 10.2 Å². The molecule has 17 heavy (non-hydrogen) atoms. The lowest BCUT2D eigenvalue weighted by Gasteiger charge is -2.19. The lowest BCUT2D eigenvalue weighted by Crippen LogP contribution is -2.28. The fraction of sp³-hybridized carbons (Fsp3) is 0.600. The van der Waals surface area contributed by atoms with Crippen molar-refractivity contribution in [2.45, 2.75) is 18.8 Å². The Bertz CT molecular complexity index is 343. The third kappa shape index (κ3) is 2.70.